The molecule has 0 spiro atoms. The van der Waals surface area contributed by atoms with Gasteiger partial charge in [-0.15, -0.1) is 0 Å². The van der Waals surface area contributed by atoms with E-state index in [1.165, 1.54) is 0 Å². The van der Waals surface area contributed by atoms with E-state index in [0.29, 0.717) is 12.8 Å². The lowest BCUT2D eigenvalue weighted by atomic mass is 9.68. The summed E-state index contributed by atoms with van der Waals surface area (Å²) in [6, 6.07) is 19.6. The molecule has 2 amide bonds. The van der Waals surface area contributed by atoms with Gasteiger partial charge in [-0.05, 0) is 82.5 Å². The fraction of sp³-hybridized carbons (Fsp3) is 0.562. The summed E-state index contributed by atoms with van der Waals surface area (Å²) >= 11 is 0. The van der Waals surface area contributed by atoms with Crippen molar-refractivity contribution in [3.8, 4) is 0 Å². The zero-order chi connectivity index (χ0) is 29.8. The number of hydrogen-bond acceptors (Lipinski definition) is 5. The summed E-state index contributed by atoms with van der Waals surface area (Å²) in [5.74, 6) is 0.286. The molecule has 3 atom stereocenters. The van der Waals surface area contributed by atoms with Gasteiger partial charge in [-0.25, -0.2) is 9.59 Å². The first kappa shape index (κ1) is 31.7. The third-order valence-electron chi connectivity index (χ3n) is 6.93. The molecule has 3 unspecified atom stereocenters. The van der Waals surface area contributed by atoms with Crippen LogP contribution in [-0.4, -0.2) is 44.2 Å². The third kappa shape index (κ3) is 9.09. The van der Waals surface area contributed by atoms with Gasteiger partial charge in [0.15, 0.2) is 5.72 Å². The molecule has 0 aromatic heterocycles. The molecule has 1 radical (unpaired) electrons. The first-order valence-corrected chi connectivity index (χ1v) is 15.6. The van der Waals surface area contributed by atoms with Crippen LogP contribution in [0, 0.1) is 11.3 Å². The predicted molar refractivity (Wildman–Crippen MR) is 161 cm³/mol. The van der Waals surface area contributed by atoms with Crippen molar-refractivity contribution in [1.82, 2.24) is 10.6 Å². The van der Waals surface area contributed by atoms with Gasteiger partial charge >= 0.3 is 12.2 Å². The van der Waals surface area contributed by atoms with Gasteiger partial charge in [-0.2, -0.15) is 0 Å². The van der Waals surface area contributed by atoms with Crippen LogP contribution in [0.25, 0.3) is 0 Å². The SMILES string of the molecule is CC(C)(C)OC(=O)NC1CC(C(C)(C)C)CCC1(NC(=O)OC(C)(C)C)O[Si](c1ccccc1)c1ccccc1. The number of ether oxygens (including phenoxy) is 2. The quantitative estimate of drug-likeness (QED) is 0.342. The number of carbonyl (C=O) groups is 2. The molecule has 8 heteroatoms. The third-order valence-corrected chi connectivity index (χ3v) is 9.22. The van der Waals surface area contributed by atoms with Crippen molar-refractivity contribution in [2.45, 2.75) is 105 Å². The fourth-order valence-electron chi connectivity index (χ4n) is 4.99. The lowest BCUT2D eigenvalue weighted by Gasteiger charge is -2.50. The van der Waals surface area contributed by atoms with Crippen molar-refractivity contribution < 1.29 is 23.5 Å². The zero-order valence-electron chi connectivity index (χ0n) is 25.6. The van der Waals surface area contributed by atoms with E-state index >= 15 is 0 Å². The number of amides is 2. The molecule has 2 aromatic carbocycles. The van der Waals surface area contributed by atoms with Crippen LogP contribution in [0.3, 0.4) is 0 Å². The second-order valence-electron chi connectivity index (χ2n) is 13.7. The Balaban J connectivity index is 2.11. The van der Waals surface area contributed by atoms with Crippen LogP contribution in [0.4, 0.5) is 9.59 Å². The molecule has 7 nitrogen and oxygen atoms in total. The van der Waals surface area contributed by atoms with Crippen molar-refractivity contribution >= 4 is 31.6 Å². The lowest BCUT2D eigenvalue weighted by Crippen LogP contribution is -2.70. The average Bonchev–Trinajstić information content (AvgIpc) is 2.82. The van der Waals surface area contributed by atoms with E-state index in [2.05, 4.69) is 55.7 Å². The Morgan fingerprint density at radius 2 is 1.25 bits per heavy atom. The Kier molecular flexibility index (Phi) is 9.78. The molecule has 2 N–H and O–H groups in total. The summed E-state index contributed by atoms with van der Waals surface area (Å²) in [5, 5.41) is 8.31. The first-order chi connectivity index (χ1) is 18.5. The molecule has 3 rings (SSSR count). The van der Waals surface area contributed by atoms with E-state index in [0.717, 1.165) is 16.8 Å². The molecule has 0 aliphatic heterocycles. The number of hydrogen-bond donors (Lipinski definition) is 2. The van der Waals surface area contributed by atoms with Crippen molar-refractivity contribution in [2.75, 3.05) is 0 Å². The van der Waals surface area contributed by atoms with E-state index in [-0.39, 0.29) is 11.3 Å². The summed E-state index contributed by atoms with van der Waals surface area (Å²) in [5.41, 5.74) is -2.60. The molecule has 0 saturated heterocycles. The van der Waals surface area contributed by atoms with Crippen LogP contribution in [0.5, 0.6) is 0 Å². The molecule has 40 heavy (non-hydrogen) atoms. The zero-order valence-corrected chi connectivity index (χ0v) is 26.6. The highest BCUT2D eigenvalue weighted by molar-refractivity contribution is 6.80. The van der Waals surface area contributed by atoms with Crippen LogP contribution >= 0.6 is 0 Å². The lowest BCUT2D eigenvalue weighted by molar-refractivity contribution is -0.0639. The standard InChI is InChI=1S/C32H47N2O5Si/c1-29(2,3)23-20-21-32(34-28(36)38-31(7,8)9,26(22-23)33-27(35)37-30(4,5)6)39-40(24-16-12-10-13-17-24)25-18-14-11-15-19-25/h10-19,23,26H,20-22H2,1-9H3,(H,33,35)(H,34,36). The summed E-state index contributed by atoms with van der Waals surface area (Å²) in [4.78, 5) is 26.6. The maximum atomic E-state index is 13.4. The predicted octanol–water partition coefficient (Wildman–Crippen LogP) is 5.77. The van der Waals surface area contributed by atoms with E-state index in [1.807, 2.05) is 77.9 Å². The molecule has 2 aromatic rings. The first-order valence-electron chi connectivity index (χ1n) is 14.1. The maximum Gasteiger partial charge on any atom is 0.409 e. The van der Waals surface area contributed by atoms with Gasteiger partial charge < -0.3 is 19.2 Å². The molecule has 0 heterocycles. The minimum atomic E-state index is -1.86. The summed E-state index contributed by atoms with van der Waals surface area (Å²) in [6.45, 7) is 17.6. The maximum absolute atomic E-state index is 13.4. The van der Waals surface area contributed by atoms with Crippen molar-refractivity contribution in [3.63, 3.8) is 0 Å². The summed E-state index contributed by atoms with van der Waals surface area (Å²) in [7, 11) is -1.86. The molecule has 1 aliphatic carbocycles. The Morgan fingerprint density at radius 3 is 1.70 bits per heavy atom. The van der Waals surface area contributed by atoms with Gasteiger partial charge in [0, 0.05) is 0 Å². The normalized spacial score (nSPS) is 21.9. The molecular formula is C32H47N2O5Si. The summed E-state index contributed by atoms with van der Waals surface area (Å²) in [6.07, 6.45) is 0.795. The van der Waals surface area contributed by atoms with E-state index < -0.39 is 44.2 Å². The number of carbonyl (C=O) groups excluding carboxylic acids is 2. The smallest absolute Gasteiger partial charge is 0.409 e. The van der Waals surface area contributed by atoms with Crippen molar-refractivity contribution in [2.24, 2.45) is 11.3 Å². The van der Waals surface area contributed by atoms with Gasteiger partial charge in [0.25, 0.3) is 9.04 Å². The summed E-state index contributed by atoms with van der Waals surface area (Å²) < 4.78 is 18.6. The Labute approximate surface area is 242 Å². The van der Waals surface area contributed by atoms with Gasteiger partial charge in [0.2, 0.25) is 0 Å². The van der Waals surface area contributed by atoms with Gasteiger partial charge in [-0.3, -0.25) is 5.32 Å². The van der Waals surface area contributed by atoms with Crippen LogP contribution in [0.2, 0.25) is 0 Å². The monoisotopic (exact) mass is 567 g/mol. The Hall–Kier alpha value is -2.84. The van der Waals surface area contributed by atoms with Crippen LogP contribution in [-0.2, 0) is 13.9 Å². The van der Waals surface area contributed by atoms with Crippen molar-refractivity contribution in [3.05, 3.63) is 60.7 Å². The van der Waals surface area contributed by atoms with Crippen LogP contribution in [0.15, 0.2) is 60.7 Å². The topological polar surface area (TPSA) is 85.9 Å². The van der Waals surface area contributed by atoms with Crippen LogP contribution < -0.4 is 21.0 Å². The minimum Gasteiger partial charge on any atom is -0.444 e. The van der Waals surface area contributed by atoms with Crippen molar-refractivity contribution in [1.29, 1.82) is 0 Å². The second-order valence-corrected chi connectivity index (χ2v) is 15.7. The number of alkyl carbamates (subject to hydrolysis) is 2. The Bertz CT molecular complexity index is 1080. The van der Waals surface area contributed by atoms with E-state index in [9.17, 15) is 9.59 Å². The van der Waals surface area contributed by atoms with Gasteiger partial charge in [0.05, 0.1) is 6.04 Å². The number of rotatable bonds is 6. The highest BCUT2D eigenvalue weighted by Crippen LogP contribution is 2.42. The largest absolute Gasteiger partial charge is 0.444 e. The van der Waals surface area contributed by atoms with E-state index in [4.69, 9.17) is 13.9 Å². The average molecular weight is 568 g/mol. The molecule has 1 fully saturated rings. The van der Waals surface area contributed by atoms with Crippen LogP contribution in [0.1, 0.15) is 81.6 Å². The number of benzene rings is 2. The highest BCUT2D eigenvalue weighted by atomic mass is 28.3. The minimum absolute atomic E-state index is 0.00141. The van der Waals surface area contributed by atoms with Gasteiger partial charge in [0.1, 0.15) is 11.2 Å². The Morgan fingerprint density at radius 1 is 0.775 bits per heavy atom. The molecule has 1 saturated carbocycles. The van der Waals surface area contributed by atoms with E-state index in [1.54, 1.807) is 0 Å². The molecular weight excluding hydrogens is 520 g/mol. The second kappa shape index (κ2) is 12.3. The fourth-order valence-corrected chi connectivity index (χ4v) is 7.21. The number of nitrogens with one attached hydrogen (secondary N) is 2. The van der Waals surface area contributed by atoms with Gasteiger partial charge in [-0.1, -0.05) is 81.4 Å². The molecule has 0 bridgehead atoms. The molecule has 1 aliphatic rings. The molecule has 219 valence electrons. The highest BCUT2D eigenvalue weighted by Gasteiger charge is 2.51.